The van der Waals surface area contributed by atoms with Crippen molar-refractivity contribution in [2.75, 3.05) is 11.5 Å². The Morgan fingerprint density at radius 3 is 2.28 bits per heavy atom. The van der Waals surface area contributed by atoms with E-state index in [0.717, 1.165) is 14.5 Å². The highest BCUT2D eigenvalue weighted by Gasteiger charge is 2.11. The molecule has 0 radical (unpaired) electrons. The summed E-state index contributed by atoms with van der Waals surface area (Å²) in [6, 6.07) is 5.73. The fraction of sp³-hybridized carbons (Fsp3) is 0.500. The van der Waals surface area contributed by atoms with Gasteiger partial charge in [0.1, 0.15) is 9.84 Å². The van der Waals surface area contributed by atoms with Crippen LogP contribution in [-0.4, -0.2) is 19.9 Å². The molecule has 18 heavy (non-hydrogen) atoms. The smallest absolute Gasteiger partial charge is 0.150 e. The number of sulfone groups is 1. The molecular formula is C12H17Br2NO2S. The summed E-state index contributed by atoms with van der Waals surface area (Å²) < 4.78 is 24.7. The maximum atomic E-state index is 11.4. The van der Waals surface area contributed by atoms with Gasteiger partial charge in [-0.05, 0) is 36.6 Å². The topological polar surface area (TPSA) is 60.2 Å². The van der Waals surface area contributed by atoms with Crippen molar-refractivity contribution in [2.24, 2.45) is 5.73 Å². The number of hydrogen-bond acceptors (Lipinski definition) is 3. The summed E-state index contributed by atoms with van der Waals surface area (Å²) in [6.07, 6.45) is 1.27. The molecule has 0 saturated carbocycles. The Bertz CT molecular complexity index is 483. The Morgan fingerprint density at radius 2 is 1.78 bits per heavy atom. The number of benzene rings is 1. The standard InChI is InChI=1S/C12H17Br2NO2S/c1-2-18(16,17)5-3-4-12(15)9-6-10(13)8-11(14)7-9/h6-8,12H,2-5,15H2,1H3. The van der Waals surface area contributed by atoms with Crippen LogP contribution in [0, 0.1) is 0 Å². The van der Waals surface area contributed by atoms with Crippen LogP contribution in [0.5, 0.6) is 0 Å². The molecule has 2 N–H and O–H groups in total. The minimum Gasteiger partial charge on any atom is -0.324 e. The lowest BCUT2D eigenvalue weighted by atomic mass is 10.0. The number of hydrogen-bond donors (Lipinski definition) is 1. The molecule has 0 aliphatic rings. The lowest BCUT2D eigenvalue weighted by Crippen LogP contribution is -2.14. The van der Waals surface area contributed by atoms with Gasteiger partial charge in [0, 0.05) is 20.7 Å². The Labute approximate surface area is 125 Å². The molecule has 0 amide bonds. The monoisotopic (exact) mass is 397 g/mol. The third-order valence-corrected chi connectivity index (χ3v) is 5.43. The highest BCUT2D eigenvalue weighted by molar-refractivity contribution is 9.11. The highest BCUT2D eigenvalue weighted by atomic mass is 79.9. The molecule has 1 rings (SSSR count). The van der Waals surface area contributed by atoms with Crippen LogP contribution >= 0.6 is 31.9 Å². The van der Waals surface area contributed by atoms with E-state index in [1.54, 1.807) is 6.92 Å². The molecule has 1 unspecified atom stereocenters. The molecule has 0 heterocycles. The van der Waals surface area contributed by atoms with Gasteiger partial charge in [-0.25, -0.2) is 8.42 Å². The Kier molecular flexibility index (Phi) is 6.30. The van der Waals surface area contributed by atoms with Crippen molar-refractivity contribution in [3.8, 4) is 0 Å². The zero-order valence-corrected chi connectivity index (χ0v) is 14.2. The van der Waals surface area contributed by atoms with E-state index in [-0.39, 0.29) is 17.5 Å². The number of halogens is 2. The average Bonchev–Trinajstić information content (AvgIpc) is 2.27. The second-order valence-electron chi connectivity index (χ2n) is 4.19. The molecule has 1 aromatic carbocycles. The molecule has 0 aliphatic heterocycles. The molecule has 6 heteroatoms. The van der Waals surface area contributed by atoms with Gasteiger partial charge < -0.3 is 5.73 Å². The third-order valence-electron chi connectivity index (χ3n) is 2.72. The van der Waals surface area contributed by atoms with E-state index in [4.69, 9.17) is 5.73 Å². The summed E-state index contributed by atoms with van der Waals surface area (Å²) in [7, 11) is -2.89. The van der Waals surface area contributed by atoms with Gasteiger partial charge >= 0.3 is 0 Å². The zero-order valence-electron chi connectivity index (χ0n) is 10.2. The van der Waals surface area contributed by atoms with Crippen LogP contribution in [0.1, 0.15) is 31.4 Å². The van der Waals surface area contributed by atoms with E-state index < -0.39 is 9.84 Å². The first-order chi connectivity index (χ1) is 8.34. The quantitative estimate of drug-likeness (QED) is 0.798. The van der Waals surface area contributed by atoms with Gasteiger partial charge in [-0.2, -0.15) is 0 Å². The van der Waals surface area contributed by atoms with Crippen molar-refractivity contribution < 1.29 is 8.42 Å². The molecule has 1 aromatic rings. The van der Waals surface area contributed by atoms with Gasteiger partial charge in [-0.15, -0.1) is 0 Å². The van der Waals surface area contributed by atoms with E-state index in [0.29, 0.717) is 12.8 Å². The SMILES string of the molecule is CCS(=O)(=O)CCCC(N)c1cc(Br)cc(Br)c1. The van der Waals surface area contributed by atoms with E-state index in [2.05, 4.69) is 31.9 Å². The maximum absolute atomic E-state index is 11.4. The first-order valence-corrected chi connectivity index (χ1v) is 9.17. The van der Waals surface area contributed by atoms with Gasteiger partial charge in [-0.3, -0.25) is 0 Å². The van der Waals surface area contributed by atoms with Gasteiger partial charge in [0.15, 0.2) is 0 Å². The Balaban J connectivity index is 2.58. The van der Waals surface area contributed by atoms with Crippen LogP contribution in [0.4, 0.5) is 0 Å². The summed E-state index contributed by atoms with van der Waals surface area (Å²) in [5.41, 5.74) is 7.07. The molecule has 0 bridgehead atoms. The van der Waals surface area contributed by atoms with Crippen LogP contribution in [-0.2, 0) is 9.84 Å². The third kappa shape index (κ3) is 5.38. The lowest BCUT2D eigenvalue weighted by Gasteiger charge is -2.13. The largest absolute Gasteiger partial charge is 0.324 e. The normalized spacial score (nSPS) is 13.6. The minimum absolute atomic E-state index is 0.133. The number of rotatable bonds is 6. The lowest BCUT2D eigenvalue weighted by molar-refractivity contribution is 0.584. The maximum Gasteiger partial charge on any atom is 0.150 e. The van der Waals surface area contributed by atoms with E-state index in [1.807, 2.05) is 18.2 Å². The van der Waals surface area contributed by atoms with Crippen molar-refractivity contribution >= 4 is 41.7 Å². The second-order valence-corrected chi connectivity index (χ2v) is 8.49. The zero-order chi connectivity index (χ0) is 13.8. The van der Waals surface area contributed by atoms with Crippen molar-refractivity contribution in [3.05, 3.63) is 32.7 Å². The second kappa shape index (κ2) is 7.03. The number of nitrogens with two attached hydrogens (primary N) is 1. The summed E-state index contributed by atoms with van der Waals surface area (Å²) in [6.45, 7) is 1.67. The van der Waals surface area contributed by atoms with E-state index in [1.165, 1.54) is 0 Å². The molecule has 0 spiro atoms. The van der Waals surface area contributed by atoms with Crippen molar-refractivity contribution in [1.29, 1.82) is 0 Å². The highest BCUT2D eigenvalue weighted by Crippen LogP contribution is 2.25. The van der Waals surface area contributed by atoms with Crippen molar-refractivity contribution in [3.63, 3.8) is 0 Å². The summed E-state index contributed by atoms with van der Waals surface area (Å²) in [5, 5.41) is 0. The fourth-order valence-corrected chi connectivity index (χ4v) is 3.85. The van der Waals surface area contributed by atoms with Crippen LogP contribution < -0.4 is 5.73 Å². The fourth-order valence-electron chi connectivity index (χ4n) is 1.62. The molecule has 102 valence electrons. The predicted octanol–water partition coefficient (Wildman–Crippen LogP) is 3.43. The van der Waals surface area contributed by atoms with Gasteiger partial charge in [0.25, 0.3) is 0 Å². The van der Waals surface area contributed by atoms with E-state index >= 15 is 0 Å². The average molecular weight is 399 g/mol. The van der Waals surface area contributed by atoms with Gasteiger partial charge in [-0.1, -0.05) is 38.8 Å². The summed E-state index contributed by atoms with van der Waals surface area (Å²) >= 11 is 6.82. The van der Waals surface area contributed by atoms with Gasteiger partial charge in [0.05, 0.1) is 5.75 Å². The van der Waals surface area contributed by atoms with Crippen LogP contribution in [0.2, 0.25) is 0 Å². The molecule has 0 aromatic heterocycles. The van der Waals surface area contributed by atoms with Gasteiger partial charge in [0.2, 0.25) is 0 Å². The first-order valence-electron chi connectivity index (χ1n) is 5.76. The molecular weight excluding hydrogens is 382 g/mol. The Morgan fingerprint density at radius 1 is 1.22 bits per heavy atom. The Hall–Kier alpha value is 0.0900. The van der Waals surface area contributed by atoms with Crippen LogP contribution in [0.25, 0.3) is 0 Å². The minimum atomic E-state index is -2.89. The summed E-state index contributed by atoms with van der Waals surface area (Å²) in [5.74, 6) is 0.414. The van der Waals surface area contributed by atoms with Crippen LogP contribution in [0.3, 0.4) is 0 Å². The summed E-state index contributed by atoms with van der Waals surface area (Å²) in [4.78, 5) is 0. The molecule has 1 atom stereocenters. The predicted molar refractivity (Wildman–Crippen MR) is 82.3 cm³/mol. The van der Waals surface area contributed by atoms with Crippen LogP contribution in [0.15, 0.2) is 27.1 Å². The first kappa shape index (κ1) is 16.1. The van der Waals surface area contributed by atoms with Crippen molar-refractivity contribution in [2.45, 2.75) is 25.8 Å². The van der Waals surface area contributed by atoms with E-state index in [9.17, 15) is 8.42 Å². The molecule has 0 saturated heterocycles. The molecule has 3 nitrogen and oxygen atoms in total. The molecule has 0 fully saturated rings. The van der Waals surface area contributed by atoms with Crippen molar-refractivity contribution in [1.82, 2.24) is 0 Å². The molecule has 0 aliphatic carbocycles.